The summed E-state index contributed by atoms with van der Waals surface area (Å²) >= 11 is 0. The summed E-state index contributed by atoms with van der Waals surface area (Å²) < 4.78 is 0. The number of carboxylic acid groups (broad SMARTS) is 1. The van der Waals surface area contributed by atoms with Crippen LogP contribution in [0.5, 0.6) is 0 Å². The minimum Gasteiger partial charge on any atom is -0.481 e. The zero-order chi connectivity index (χ0) is 15.1. The van der Waals surface area contributed by atoms with Crippen LogP contribution < -0.4 is 5.32 Å². The van der Waals surface area contributed by atoms with Crippen LogP contribution in [-0.2, 0) is 4.79 Å². The standard InChI is InChI=1S/C17H35NO2/c1-16(2)12-9-7-5-3-4-6-8-10-14-18-15-11-13-17(19)20/h16,18H,3-15H2,1-2H3,(H,19,20). The highest BCUT2D eigenvalue weighted by molar-refractivity contribution is 5.66. The van der Waals surface area contributed by atoms with Gasteiger partial charge in [-0.05, 0) is 31.8 Å². The molecule has 0 bridgehead atoms. The summed E-state index contributed by atoms with van der Waals surface area (Å²) in [7, 11) is 0. The molecule has 0 aromatic heterocycles. The molecule has 0 aromatic rings. The SMILES string of the molecule is CC(C)CCCCCCCCCCNCCCC(=O)O. The second kappa shape index (κ2) is 14.8. The highest BCUT2D eigenvalue weighted by atomic mass is 16.4. The van der Waals surface area contributed by atoms with Gasteiger partial charge in [0, 0.05) is 6.42 Å². The first-order chi connectivity index (χ1) is 9.63. The molecule has 0 aliphatic carbocycles. The van der Waals surface area contributed by atoms with Crippen LogP contribution in [0.15, 0.2) is 0 Å². The number of hydrogen-bond donors (Lipinski definition) is 2. The molecule has 0 rings (SSSR count). The Morgan fingerprint density at radius 2 is 1.35 bits per heavy atom. The first-order valence-electron chi connectivity index (χ1n) is 8.55. The molecule has 0 heterocycles. The maximum Gasteiger partial charge on any atom is 0.303 e. The average Bonchev–Trinajstić information content (AvgIpc) is 2.38. The molecule has 0 unspecified atom stereocenters. The number of aliphatic carboxylic acids is 1. The second-order valence-corrected chi connectivity index (χ2v) is 6.26. The van der Waals surface area contributed by atoms with Gasteiger partial charge in [0.25, 0.3) is 0 Å². The fourth-order valence-electron chi connectivity index (χ4n) is 2.35. The molecule has 3 nitrogen and oxygen atoms in total. The third kappa shape index (κ3) is 17.4. The maximum absolute atomic E-state index is 10.3. The number of carbonyl (C=O) groups is 1. The van der Waals surface area contributed by atoms with Crippen molar-refractivity contribution in [1.29, 1.82) is 0 Å². The van der Waals surface area contributed by atoms with Gasteiger partial charge in [0.1, 0.15) is 0 Å². The predicted molar refractivity (Wildman–Crippen MR) is 86.1 cm³/mol. The number of rotatable bonds is 15. The molecule has 20 heavy (non-hydrogen) atoms. The van der Waals surface area contributed by atoms with E-state index in [2.05, 4.69) is 19.2 Å². The lowest BCUT2D eigenvalue weighted by Crippen LogP contribution is -2.17. The molecule has 0 aliphatic heterocycles. The summed E-state index contributed by atoms with van der Waals surface area (Å²) in [6.07, 6.45) is 13.3. The first kappa shape index (κ1) is 19.4. The molecule has 0 spiro atoms. The van der Waals surface area contributed by atoms with Crippen LogP contribution >= 0.6 is 0 Å². The van der Waals surface area contributed by atoms with E-state index < -0.39 is 5.97 Å². The third-order valence-corrected chi connectivity index (χ3v) is 3.63. The molecule has 0 saturated carbocycles. The van der Waals surface area contributed by atoms with Crippen LogP contribution in [0.1, 0.15) is 84.5 Å². The summed E-state index contributed by atoms with van der Waals surface area (Å²) in [5.41, 5.74) is 0. The van der Waals surface area contributed by atoms with Gasteiger partial charge in [-0.15, -0.1) is 0 Å². The van der Waals surface area contributed by atoms with Crippen molar-refractivity contribution in [3.8, 4) is 0 Å². The summed E-state index contributed by atoms with van der Waals surface area (Å²) in [6.45, 7) is 6.47. The minimum absolute atomic E-state index is 0.282. The van der Waals surface area contributed by atoms with Gasteiger partial charge in [0.15, 0.2) is 0 Å². The van der Waals surface area contributed by atoms with Crippen molar-refractivity contribution in [3.63, 3.8) is 0 Å². The van der Waals surface area contributed by atoms with E-state index in [-0.39, 0.29) is 6.42 Å². The lowest BCUT2D eigenvalue weighted by Gasteiger charge is -2.05. The van der Waals surface area contributed by atoms with Gasteiger partial charge in [-0.25, -0.2) is 0 Å². The van der Waals surface area contributed by atoms with Gasteiger partial charge in [-0.1, -0.05) is 65.2 Å². The normalized spacial score (nSPS) is 11.2. The maximum atomic E-state index is 10.3. The van der Waals surface area contributed by atoms with Crippen molar-refractivity contribution in [2.45, 2.75) is 84.5 Å². The molecule has 0 aromatic carbocycles. The van der Waals surface area contributed by atoms with Crippen molar-refractivity contribution in [1.82, 2.24) is 5.32 Å². The minimum atomic E-state index is -0.694. The number of unbranched alkanes of at least 4 members (excludes halogenated alkanes) is 7. The topological polar surface area (TPSA) is 49.3 Å². The highest BCUT2D eigenvalue weighted by Crippen LogP contribution is 2.12. The van der Waals surface area contributed by atoms with E-state index in [1.54, 1.807) is 0 Å². The molecular weight excluding hydrogens is 250 g/mol. The zero-order valence-corrected chi connectivity index (χ0v) is 13.6. The summed E-state index contributed by atoms with van der Waals surface area (Å²) in [5, 5.41) is 11.8. The number of carboxylic acids is 1. The Bertz CT molecular complexity index is 217. The average molecular weight is 285 g/mol. The van der Waals surface area contributed by atoms with Crippen LogP contribution in [0.4, 0.5) is 0 Å². The molecule has 0 amide bonds. The van der Waals surface area contributed by atoms with E-state index in [9.17, 15) is 4.79 Å². The van der Waals surface area contributed by atoms with Gasteiger partial charge >= 0.3 is 5.97 Å². The first-order valence-corrected chi connectivity index (χ1v) is 8.55. The van der Waals surface area contributed by atoms with Gasteiger partial charge < -0.3 is 10.4 Å². The Balaban J connectivity index is 2.97. The summed E-state index contributed by atoms with van der Waals surface area (Å²) in [4.78, 5) is 10.3. The number of hydrogen-bond acceptors (Lipinski definition) is 2. The van der Waals surface area contributed by atoms with E-state index in [1.165, 1.54) is 57.8 Å². The van der Waals surface area contributed by atoms with E-state index in [0.29, 0.717) is 0 Å². The molecule has 0 atom stereocenters. The van der Waals surface area contributed by atoms with Crippen molar-refractivity contribution >= 4 is 5.97 Å². The van der Waals surface area contributed by atoms with E-state index in [1.807, 2.05) is 0 Å². The molecular formula is C17H35NO2. The van der Waals surface area contributed by atoms with E-state index >= 15 is 0 Å². The monoisotopic (exact) mass is 285 g/mol. The van der Waals surface area contributed by atoms with Crippen LogP contribution in [-0.4, -0.2) is 24.2 Å². The van der Waals surface area contributed by atoms with Gasteiger partial charge in [0.05, 0.1) is 0 Å². The third-order valence-electron chi connectivity index (χ3n) is 3.63. The Kier molecular flexibility index (Phi) is 14.4. The lowest BCUT2D eigenvalue weighted by molar-refractivity contribution is -0.137. The Hall–Kier alpha value is -0.570. The zero-order valence-electron chi connectivity index (χ0n) is 13.6. The quantitative estimate of drug-likeness (QED) is 0.432. The lowest BCUT2D eigenvalue weighted by atomic mass is 10.0. The Morgan fingerprint density at radius 3 is 1.90 bits per heavy atom. The Labute approximate surface area is 125 Å². The molecule has 0 fully saturated rings. The molecule has 0 saturated heterocycles. The fraction of sp³-hybridized carbons (Fsp3) is 0.941. The second-order valence-electron chi connectivity index (χ2n) is 6.26. The van der Waals surface area contributed by atoms with Crippen molar-refractivity contribution in [3.05, 3.63) is 0 Å². The van der Waals surface area contributed by atoms with Crippen LogP contribution in [0.25, 0.3) is 0 Å². The van der Waals surface area contributed by atoms with E-state index in [4.69, 9.17) is 5.11 Å². The summed E-state index contributed by atoms with van der Waals surface area (Å²) in [6, 6.07) is 0. The van der Waals surface area contributed by atoms with Crippen LogP contribution in [0, 0.1) is 5.92 Å². The van der Waals surface area contributed by atoms with Gasteiger partial charge in [-0.2, -0.15) is 0 Å². The fourth-order valence-corrected chi connectivity index (χ4v) is 2.35. The number of nitrogens with one attached hydrogen (secondary N) is 1. The summed E-state index contributed by atoms with van der Waals surface area (Å²) in [5.74, 6) is 0.165. The smallest absolute Gasteiger partial charge is 0.303 e. The Morgan fingerprint density at radius 1 is 0.850 bits per heavy atom. The molecule has 120 valence electrons. The largest absolute Gasteiger partial charge is 0.481 e. The van der Waals surface area contributed by atoms with E-state index in [0.717, 1.165) is 25.4 Å². The molecule has 0 radical (unpaired) electrons. The highest BCUT2D eigenvalue weighted by Gasteiger charge is 1.96. The predicted octanol–water partition coefficient (Wildman–Crippen LogP) is 4.61. The van der Waals surface area contributed by atoms with Crippen LogP contribution in [0.2, 0.25) is 0 Å². The molecule has 0 aliphatic rings. The van der Waals surface area contributed by atoms with Crippen molar-refractivity contribution in [2.24, 2.45) is 5.92 Å². The van der Waals surface area contributed by atoms with Gasteiger partial charge in [0.2, 0.25) is 0 Å². The van der Waals surface area contributed by atoms with Gasteiger partial charge in [-0.3, -0.25) is 4.79 Å². The van der Waals surface area contributed by atoms with Crippen molar-refractivity contribution in [2.75, 3.05) is 13.1 Å². The molecule has 2 N–H and O–H groups in total. The van der Waals surface area contributed by atoms with Crippen molar-refractivity contribution < 1.29 is 9.90 Å². The molecule has 3 heteroatoms. The van der Waals surface area contributed by atoms with Crippen LogP contribution in [0.3, 0.4) is 0 Å².